The maximum atomic E-state index is 12.5. The van der Waals surface area contributed by atoms with Crippen LogP contribution in [-0.2, 0) is 32.1 Å². The van der Waals surface area contributed by atoms with Crippen LogP contribution in [0.3, 0.4) is 0 Å². The maximum absolute atomic E-state index is 12.5. The fraction of sp³-hybridized carbons (Fsp3) is 0.306. The van der Waals surface area contributed by atoms with Crippen LogP contribution in [-0.4, -0.2) is 33.9 Å². The van der Waals surface area contributed by atoms with Crippen molar-refractivity contribution in [3.8, 4) is 0 Å². The van der Waals surface area contributed by atoms with Crippen molar-refractivity contribution < 1.29 is 28.4 Å². The van der Waals surface area contributed by atoms with Crippen molar-refractivity contribution in [1.82, 2.24) is 4.98 Å². The number of rotatable bonds is 5. The number of pyridine rings is 1. The molecule has 0 spiro atoms. The molecule has 0 radical (unpaired) electrons. The third-order valence-corrected chi connectivity index (χ3v) is 20.9. The minimum atomic E-state index is -0.124. The SMILES string of the molecule is O=C1c2c(Br)cccc2CC1C1CCCCC1.O=C1c2c(Br)cccc2CC1c1ccccn1.O=C1c2c(Cl)cccc2CC1C1CCCCC1.O=C1c2c(Cl)cccc2CC1c1ccccc1.O=C1c2c(I)cccc2CC1c1ccco1. The van der Waals surface area contributed by atoms with Gasteiger partial charge in [0.15, 0.2) is 28.9 Å². The molecule has 0 N–H and O–H groups in total. The van der Waals surface area contributed by atoms with Gasteiger partial charge in [0.1, 0.15) is 5.76 Å². The first-order valence-electron chi connectivity index (χ1n) is 29.4. The van der Waals surface area contributed by atoms with E-state index in [4.69, 9.17) is 27.6 Å². The number of ketones is 5. The van der Waals surface area contributed by atoms with Crippen molar-refractivity contribution in [1.29, 1.82) is 0 Å². The molecule has 5 atom stereocenters. The molecule has 5 unspecified atom stereocenters. The van der Waals surface area contributed by atoms with E-state index in [2.05, 4.69) is 71.6 Å². The van der Waals surface area contributed by atoms with Crippen LogP contribution in [0.4, 0.5) is 0 Å². The molecule has 2 fully saturated rings. The Labute approximate surface area is 532 Å². The van der Waals surface area contributed by atoms with Crippen molar-refractivity contribution >= 4 is 107 Å². The first-order valence-corrected chi connectivity index (χ1v) is 32.9. The molecule has 15 rings (SSSR count). The van der Waals surface area contributed by atoms with Gasteiger partial charge < -0.3 is 4.42 Å². The van der Waals surface area contributed by atoms with E-state index in [9.17, 15) is 24.0 Å². The average molecular weight is 1400 g/mol. The summed E-state index contributed by atoms with van der Waals surface area (Å²) in [5.41, 5.74) is 11.8. The minimum Gasteiger partial charge on any atom is -0.469 e. The zero-order chi connectivity index (χ0) is 58.4. The zero-order valence-corrected chi connectivity index (χ0v) is 53.4. The summed E-state index contributed by atoms with van der Waals surface area (Å²) in [5.74, 6) is 3.38. The first kappa shape index (κ1) is 60.1. The van der Waals surface area contributed by atoms with Gasteiger partial charge >= 0.3 is 0 Å². The number of nitrogens with zero attached hydrogens (tertiary/aromatic N) is 1. The molecule has 7 nitrogen and oxygen atoms in total. The van der Waals surface area contributed by atoms with Crippen molar-refractivity contribution in [2.75, 3.05) is 0 Å². The van der Waals surface area contributed by atoms with Crippen LogP contribution in [0.5, 0.6) is 0 Å². The number of benzene rings is 6. The summed E-state index contributed by atoms with van der Waals surface area (Å²) in [6.45, 7) is 0. The summed E-state index contributed by atoms with van der Waals surface area (Å²) in [4.78, 5) is 66.1. The molecule has 6 aromatic carbocycles. The van der Waals surface area contributed by atoms with Crippen LogP contribution < -0.4 is 0 Å². The van der Waals surface area contributed by atoms with Gasteiger partial charge in [-0.25, -0.2) is 0 Å². The highest BCUT2D eigenvalue weighted by Gasteiger charge is 2.40. The van der Waals surface area contributed by atoms with Crippen LogP contribution in [0.1, 0.15) is 179 Å². The quantitative estimate of drug-likeness (QED) is 0.158. The summed E-state index contributed by atoms with van der Waals surface area (Å²) < 4.78 is 8.24. The Balaban J connectivity index is 0.000000110. The number of hydrogen-bond donors (Lipinski definition) is 0. The molecule has 428 valence electrons. The van der Waals surface area contributed by atoms with E-state index in [1.54, 1.807) is 18.5 Å². The van der Waals surface area contributed by atoms with Crippen molar-refractivity contribution in [2.45, 2.75) is 114 Å². The standard InChI is InChI=1S/C15H17BrO.C15H17ClO.C15H11ClO.C14H10BrNO.C13H9IO2/c3*16-13-8-4-7-11-9-12(15(17)14(11)13)10-5-2-1-3-6-10;15-11-5-3-4-9-8-10(14(17)13(9)11)12-6-1-2-7-16-12;14-10-4-1-3-8-7-9(13(15)12(8)10)11-5-2-6-16-11/h2*4,7-8,10,12H,1-3,5-6,9H2;1-8,12H,9H2;1-7,10H,8H2;1-6,9H,7H2. The van der Waals surface area contributed by atoms with Gasteiger partial charge in [0.2, 0.25) is 0 Å². The van der Waals surface area contributed by atoms with Gasteiger partial charge in [0.25, 0.3) is 0 Å². The van der Waals surface area contributed by atoms with Gasteiger partial charge in [0, 0.05) is 58.4 Å². The predicted molar refractivity (Wildman–Crippen MR) is 348 cm³/mol. The molecule has 12 heteroatoms. The Hall–Kier alpha value is -5.63. The fourth-order valence-electron chi connectivity index (χ4n) is 13.9. The number of fused-ring (bicyclic) bond motifs is 5. The lowest BCUT2D eigenvalue weighted by molar-refractivity contribution is 0.0861. The molecular formula is C72H64Br2Cl2INO6. The van der Waals surface area contributed by atoms with Gasteiger partial charge in [-0.3, -0.25) is 29.0 Å². The monoisotopic (exact) mass is 1390 g/mol. The summed E-state index contributed by atoms with van der Waals surface area (Å²) in [6, 6.07) is 48.9. The number of furan rings is 1. The van der Waals surface area contributed by atoms with E-state index in [1.165, 1.54) is 69.8 Å². The van der Waals surface area contributed by atoms with Gasteiger partial charge in [-0.1, -0.05) is 191 Å². The first-order chi connectivity index (χ1) is 40.9. The largest absolute Gasteiger partial charge is 0.469 e. The number of aromatic nitrogens is 1. The lowest BCUT2D eigenvalue weighted by atomic mass is 9.78. The Morgan fingerprint density at radius 1 is 0.417 bits per heavy atom. The van der Waals surface area contributed by atoms with Crippen LogP contribution in [0, 0.1) is 27.2 Å². The van der Waals surface area contributed by atoms with E-state index in [-0.39, 0.29) is 46.9 Å². The molecule has 0 bridgehead atoms. The minimum absolute atomic E-state index is 0.0638. The lowest BCUT2D eigenvalue weighted by Crippen LogP contribution is -2.23. The van der Waals surface area contributed by atoms with Gasteiger partial charge in [0.05, 0.1) is 39.8 Å². The molecule has 0 aliphatic heterocycles. The molecule has 0 saturated heterocycles. The molecule has 2 saturated carbocycles. The number of Topliss-reactive ketones (excluding diaryl/α,β-unsaturated/α-hetero) is 5. The van der Waals surface area contributed by atoms with E-state index >= 15 is 0 Å². The van der Waals surface area contributed by atoms with Crippen molar-refractivity contribution in [2.24, 2.45) is 23.7 Å². The fourth-order valence-corrected chi connectivity index (χ4v) is 16.5. The summed E-state index contributed by atoms with van der Waals surface area (Å²) in [6.07, 6.45) is 20.4. The lowest BCUT2D eigenvalue weighted by Gasteiger charge is -2.26. The molecule has 8 aromatic rings. The highest BCUT2D eigenvalue weighted by atomic mass is 127. The second-order valence-electron chi connectivity index (χ2n) is 23.1. The summed E-state index contributed by atoms with van der Waals surface area (Å²) >= 11 is 21.4. The molecule has 84 heavy (non-hydrogen) atoms. The predicted octanol–water partition coefficient (Wildman–Crippen LogP) is 19.3. The number of halogens is 5. The van der Waals surface area contributed by atoms with Gasteiger partial charge in [-0.05, 0) is 180 Å². The van der Waals surface area contributed by atoms with E-state index < -0.39 is 0 Å². The highest BCUT2D eigenvalue weighted by molar-refractivity contribution is 14.1. The van der Waals surface area contributed by atoms with Gasteiger partial charge in [-0.15, -0.1) is 0 Å². The zero-order valence-electron chi connectivity index (χ0n) is 46.5. The van der Waals surface area contributed by atoms with Crippen LogP contribution in [0.25, 0.3) is 0 Å². The van der Waals surface area contributed by atoms with Crippen LogP contribution >= 0.6 is 77.7 Å². The van der Waals surface area contributed by atoms with E-state index in [0.29, 0.717) is 39.0 Å². The Bertz CT molecular complexity index is 3530. The second kappa shape index (κ2) is 27.4. The molecular weight excluding hydrogens is 1330 g/mol. The maximum Gasteiger partial charge on any atom is 0.175 e. The van der Waals surface area contributed by atoms with Crippen molar-refractivity contribution in [3.63, 3.8) is 0 Å². The molecule has 0 amide bonds. The summed E-state index contributed by atoms with van der Waals surface area (Å²) in [7, 11) is 0. The molecule has 2 heterocycles. The number of carbonyl (C=O) groups excluding carboxylic acids is 5. The Morgan fingerprint density at radius 3 is 1.38 bits per heavy atom. The topological polar surface area (TPSA) is 111 Å². The molecule has 7 aliphatic rings. The third-order valence-electron chi connectivity index (χ3n) is 18.1. The van der Waals surface area contributed by atoms with Crippen molar-refractivity contribution in [3.05, 3.63) is 259 Å². The Morgan fingerprint density at radius 2 is 0.869 bits per heavy atom. The Kier molecular flexibility index (Phi) is 19.6. The summed E-state index contributed by atoms with van der Waals surface area (Å²) in [5, 5.41) is 1.22. The third kappa shape index (κ3) is 12.9. The van der Waals surface area contributed by atoms with E-state index in [0.717, 1.165) is 106 Å². The molecule has 2 aromatic heterocycles. The highest BCUT2D eigenvalue weighted by Crippen LogP contribution is 2.44. The van der Waals surface area contributed by atoms with Crippen LogP contribution in [0.15, 0.2) is 177 Å². The van der Waals surface area contributed by atoms with Crippen LogP contribution in [0.2, 0.25) is 10.0 Å². The molecule has 7 aliphatic carbocycles. The second-order valence-corrected chi connectivity index (χ2v) is 26.7. The van der Waals surface area contributed by atoms with Gasteiger partial charge in [-0.2, -0.15) is 0 Å². The number of hydrogen-bond acceptors (Lipinski definition) is 7. The average Bonchev–Trinajstić information content (AvgIpc) is 4.51. The normalized spacial score (nSPS) is 21.1. The van der Waals surface area contributed by atoms with E-state index in [1.807, 2.05) is 133 Å². The number of carbonyl (C=O) groups is 5. The smallest absolute Gasteiger partial charge is 0.175 e.